The fourth-order valence-corrected chi connectivity index (χ4v) is 4.30. The van der Waals surface area contributed by atoms with Crippen LogP contribution >= 0.6 is 0 Å². The van der Waals surface area contributed by atoms with Crippen molar-refractivity contribution in [2.45, 2.75) is 46.0 Å². The van der Waals surface area contributed by atoms with E-state index in [1.165, 1.54) is 12.7 Å². The van der Waals surface area contributed by atoms with Crippen LogP contribution in [0, 0.1) is 6.92 Å². The highest BCUT2D eigenvalue weighted by molar-refractivity contribution is 6.00. The molecule has 1 aromatic heterocycles. The highest BCUT2D eigenvalue weighted by atomic mass is 16.5. The number of nitrogens with one attached hydrogen (secondary N) is 1. The Morgan fingerprint density at radius 3 is 2.28 bits per heavy atom. The number of carbonyl (C=O) groups is 3. The number of H-pyrrole nitrogens is 1. The van der Waals surface area contributed by atoms with Crippen LogP contribution in [-0.4, -0.2) is 65.9 Å². The van der Waals surface area contributed by atoms with E-state index in [1.54, 1.807) is 11.8 Å². The van der Waals surface area contributed by atoms with Crippen LogP contribution in [0.2, 0.25) is 0 Å². The number of benzene rings is 1. The lowest BCUT2D eigenvalue weighted by molar-refractivity contribution is -0.132. The van der Waals surface area contributed by atoms with Crippen molar-refractivity contribution in [3.63, 3.8) is 0 Å². The maximum atomic E-state index is 13.2. The van der Waals surface area contributed by atoms with E-state index in [2.05, 4.69) is 17.1 Å². The molecule has 7 heteroatoms. The summed E-state index contributed by atoms with van der Waals surface area (Å²) < 4.78 is 4.92. The molecule has 0 saturated carbocycles. The Morgan fingerprint density at radius 2 is 1.66 bits per heavy atom. The maximum Gasteiger partial charge on any atom is 0.339 e. The molecule has 3 rings (SSSR count). The Balaban J connectivity index is 1.57. The van der Waals surface area contributed by atoms with Gasteiger partial charge in [-0.3, -0.25) is 9.59 Å². The van der Waals surface area contributed by atoms with E-state index in [4.69, 9.17) is 4.74 Å². The molecule has 1 aliphatic heterocycles. The van der Waals surface area contributed by atoms with Crippen molar-refractivity contribution >= 4 is 17.8 Å². The number of hydrogen-bond donors (Lipinski definition) is 1. The summed E-state index contributed by atoms with van der Waals surface area (Å²) in [4.78, 5) is 44.8. The number of hydrogen-bond acceptors (Lipinski definition) is 4. The van der Waals surface area contributed by atoms with Crippen LogP contribution in [0.4, 0.5) is 0 Å². The Kier molecular flexibility index (Phi) is 8.09. The number of carbonyl (C=O) groups excluding carboxylic acids is 3. The Morgan fingerprint density at radius 1 is 1.00 bits per heavy atom. The SMILES string of the molecule is CCCc1c(C(=O)N2CCN(C(=O)CCCc3ccccc3)CC2)[nH]c(C)c1C(=O)OC. The predicted molar refractivity (Wildman–Crippen MR) is 123 cm³/mol. The van der Waals surface area contributed by atoms with Gasteiger partial charge in [-0.2, -0.15) is 0 Å². The van der Waals surface area contributed by atoms with E-state index in [0.29, 0.717) is 56.0 Å². The van der Waals surface area contributed by atoms with Crippen LogP contribution in [0.15, 0.2) is 30.3 Å². The monoisotopic (exact) mass is 439 g/mol. The molecule has 172 valence electrons. The third-order valence-electron chi connectivity index (χ3n) is 6.01. The van der Waals surface area contributed by atoms with E-state index in [9.17, 15) is 14.4 Å². The van der Waals surface area contributed by atoms with Crippen LogP contribution in [-0.2, 0) is 22.4 Å². The topological polar surface area (TPSA) is 82.7 Å². The lowest BCUT2D eigenvalue weighted by atomic mass is 10.0. The van der Waals surface area contributed by atoms with Gasteiger partial charge in [0.1, 0.15) is 5.69 Å². The molecule has 0 aliphatic carbocycles. The Labute approximate surface area is 189 Å². The van der Waals surface area contributed by atoms with Crippen molar-refractivity contribution in [1.29, 1.82) is 0 Å². The first kappa shape index (κ1) is 23.6. The van der Waals surface area contributed by atoms with Crippen molar-refractivity contribution in [2.24, 2.45) is 0 Å². The van der Waals surface area contributed by atoms with E-state index >= 15 is 0 Å². The van der Waals surface area contributed by atoms with E-state index in [0.717, 1.165) is 24.8 Å². The molecule has 2 amide bonds. The average molecular weight is 440 g/mol. The molecule has 0 atom stereocenters. The van der Waals surface area contributed by atoms with Gasteiger partial charge in [0.15, 0.2) is 0 Å². The average Bonchev–Trinajstić information content (AvgIpc) is 3.14. The zero-order valence-electron chi connectivity index (χ0n) is 19.3. The van der Waals surface area contributed by atoms with Crippen LogP contribution in [0.3, 0.4) is 0 Å². The van der Waals surface area contributed by atoms with Gasteiger partial charge in [0, 0.05) is 38.3 Å². The number of rotatable bonds is 8. The maximum absolute atomic E-state index is 13.2. The van der Waals surface area contributed by atoms with Gasteiger partial charge in [0.05, 0.1) is 12.7 Å². The summed E-state index contributed by atoms with van der Waals surface area (Å²) in [5.74, 6) is -0.404. The van der Waals surface area contributed by atoms with Crippen molar-refractivity contribution in [3.8, 4) is 0 Å². The number of methoxy groups -OCH3 is 1. The zero-order chi connectivity index (χ0) is 23.1. The highest BCUT2D eigenvalue weighted by Crippen LogP contribution is 2.23. The Bertz CT molecular complexity index is 944. The van der Waals surface area contributed by atoms with Gasteiger partial charge in [-0.15, -0.1) is 0 Å². The predicted octanol–water partition coefficient (Wildman–Crippen LogP) is 3.37. The number of amides is 2. The highest BCUT2D eigenvalue weighted by Gasteiger charge is 2.30. The second-order valence-corrected chi connectivity index (χ2v) is 8.23. The number of aryl methyl sites for hydroxylation is 2. The summed E-state index contributed by atoms with van der Waals surface area (Å²) in [6, 6.07) is 10.2. The fourth-order valence-electron chi connectivity index (χ4n) is 4.30. The van der Waals surface area contributed by atoms with Crippen LogP contribution < -0.4 is 0 Å². The van der Waals surface area contributed by atoms with Gasteiger partial charge in [0.2, 0.25) is 5.91 Å². The van der Waals surface area contributed by atoms with Crippen molar-refractivity contribution in [3.05, 3.63) is 58.4 Å². The van der Waals surface area contributed by atoms with E-state index < -0.39 is 5.97 Å². The number of esters is 1. The smallest absolute Gasteiger partial charge is 0.339 e. The molecular weight excluding hydrogens is 406 g/mol. The van der Waals surface area contributed by atoms with Gasteiger partial charge in [-0.1, -0.05) is 43.7 Å². The quantitative estimate of drug-likeness (QED) is 0.640. The molecule has 1 saturated heterocycles. The largest absolute Gasteiger partial charge is 0.465 e. The fraction of sp³-hybridized carbons (Fsp3) is 0.480. The van der Waals surface area contributed by atoms with Crippen LogP contribution in [0.25, 0.3) is 0 Å². The number of ether oxygens (including phenoxy) is 1. The summed E-state index contributed by atoms with van der Waals surface area (Å²) >= 11 is 0. The summed E-state index contributed by atoms with van der Waals surface area (Å²) in [7, 11) is 1.35. The molecule has 2 heterocycles. The molecule has 1 aliphatic rings. The van der Waals surface area contributed by atoms with Gasteiger partial charge < -0.3 is 19.5 Å². The Hall–Kier alpha value is -3.09. The number of aromatic amines is 1. The van der Waals surface area contributed by atoms with E-state index in [1.807, 2.05) is 30.0 Å². The first-order valence-electron chi connectivity index (χ1n) is 11.4. The van der Waals surface area contributed by atoms with Gasteiger partial charge in [-0.25, -0.2) is 4.79 Å². The molecule has 2 aromatic rings. The molecule has 1 aromatic carbocycles. The normalized spacial score (nSPS) is 13.8. The molecule has 1 N–H and O–H groups in total. The molecular formula is C25H33N3O4. The first-order valence-corrected chi connectivity index (χ1v) is 11.4. The van der Waals surface area contributed by atoms with Gasteiger partial charge in [-0.05, 0) is 37.3 Å². The lowest BCUT2D eigenvalue weighted by Gasteiger charge is -2.35. The summed E-state index contributed by atoms with van der Waals surface area (Å²) in [6.07, 6.45) is 3.66. The minimum atomic E-state index is -0.424. The minimum absolute atomic E-state index is 0.122. The second-order valence-electron chi connectivity index (χ2n) is 8.23. The summed E-state index contributed by atoms with van der Waals surface area (Å²) in [6.45, 7) is 5.83. The van der Waals surface area contributed by atoms with Gasteiger partial charge >= 0.3 is 5.97 Å². The lowest BCUT2D eigenvalue weighted by Crippen LogP contribution is -2.50. The standard InChI is InChI=1S/C25H33N3O4/c1-4-9-20-22(25(31)32-3)18(2)26-23(20)24(30)28-16-14-27(15-17-28)21(29)13-8-12-19-10-6-5-7-11-19/h5-7,10-11,26H,4,8-9,12-17H2,1-3H3. The minimum Gasteiger partial charge on any atom is -0.465 e. The molecule has 32 heavy (non-hydrogen) atoms. The van der Waals surface area contributed by atoms with E-state index in [-0.39, 0.29) is 11.8 Å². The summed E-state index contributed by atoms with van der Waals surface area (Å²) in [5.41, 5.74) is 3.54. The number of aromatic nitrogens is 1. The molecule has 7 nitrogen and oxygen atoms in total. The third-order valence-corrected chi connectivity index (χ3v) is 6.01. The number of nitrogens with zero attached hydrogens (tertiary/aromatic N) is 2. The molecule has 1 fully saturated rings. The first-order chi connectivity index (χ1) is 15.5. The van der Waals surface area contributed by atoms with Crippen molar-refractivity contribution < 1.29 is 19.1 Å². The molecule has 0 bridgehead atoms. The van der Waals surface area contributed by atoms with Crippen molar-refractivity contribution in [1.82, 2.24) is 14.8 Å². The van der Waals surface area contributed by atoms with Crippen molar-refractivity contribution in [2.75, 3.05) is 33.3 Å². The zero-order valence-corrected chi connectivity index (χ0v) is 19.3. The molecule has 0 unspecified atom stereocenters. The number of piperazine rings is 1. The van der Waals surface area contributed by atoms with Crippen LogP contribution in [0.1, 0.15) is 63.9 Å². The van der Waals surface area contributed by atoms with Gasteiger partial charge in [0.25, 0.3) is 5.91 Å². The molecule has 0 spiro atoms. The molecule has 0 radical (unpaired) electrons. The van der Waals surface area contributed by atoms with Crippen LogP contribution in [0.5, 0.6) is 0 Å². The second kappa shape index (κ2) is 11.0. The third kappa shape index (κ3) is 5.39. The summed E-state index contributed by atoms with van der Waals surface area (Å²) in [5, 5.41) is 0.